The molecule has 0 radical (unpaired) electrons. The van der Waals surface area contributed by atoms with Crippen LogP contribution >= 0.6 is 0 Å². The van der Waals surface area contributed by atoms with E-state index >= 15 is 0 Å². The molecular formula is C15H13F3N2O3S. The maximum atomic E-state index is 12.9. The molecule has 128 valence electrons. The van der Waals surface area contributed by atoms with E-state index in [1.165, 1.54) is 31.2 Å². The molecule has 0 saturated carbocycles. The zero-order valence-corrected chi connectivity index (χ0v) is 13.2. The molecule has 3 N–H and O–H groups in total. The van der Waals surface area contributed by atoms with Crippen LogP contribution in [0.25, 0.3) is 0 Å². The highest BCUT2D eigenvalue weighted by molar-refractivity contribution is 7.92. The zero-order chi connectivity index (χ0) is 18.1. The highest BCUT2D eigenvalue weighted by Crippen LogP contribution is 2.33. The van der Waals surface area contributed by atoms with Crippen LogP contribution in [0.15, 0.2) is 47.4 Å². The SMILES string of the molecule is Cc1ccc(NS(=O)(=O)c2ccc(C(N)=O)cc2)cc1C(F)(F)F. The molecule has 0 aliphatic carbocycles. The van der Waals surface area contributed by atoms with Crippen molar-refractivity contribution < 1.29 is 26.4 Å². The summed E-state index contributed by atoms with van der Waals surface area (Å²) in [6.07, 6.45) is -4.59. The fourth-order valence-corrected chi connectivity index (χ4v) is 3.05. The van der Waals surface area contributed by atoms with Crippen LogP contribution in [0.4, 0.5) is 18.9 Å². The second kappa shape index (κ2) is 6.16. The van der Waals surface area contributed by atoms with Crippen molar-refractivity contribution in [1.29, 1.82) is 0 Å². The summed E-state index contributed by atoms with van der Waals surface area (Å²) in [6.45, 7) is 1.28. The van der Waals surface area contributed by atoms with Crippen molar-refractivity contribution in [2.45, 2.75) is 18.0 Å². The van der Waals surface area contributed by atoms with Gasteiger partial charge in [-0.3, -0.25) is 9.52 Å². The normalized spacial score (nSPS) is 12.0. The van der Waals surface area contributed by atoms with Crippen molar-refractivity contribution in [3.05, 3.63) is 59.2 Å². The molecule has 0 aliphatic rings. The smallest absolute Gasteiger partial charge is 0.366 e. The first kappa shape index (κ1) is 17.8. The van der Waals surface area contributed by atoms with Crippen LogP contribution in [0.5, 0.6) is 0 Å². The number of primary amides is 1. The zero-order valence-electron chi connectivity index (χ0n) is 12.4. The molecule has 0 saturated heterocycles. The molecule has 2 aromatic rings. The number of aryl methyl sites for hydroxylation is 1. The summed E-state index contributed by atoms with van der Waals surface area (Å²) in [5, 5.41) is 0. The van der Waals surface area contributed by atoms with Gasteiger partial charge in [0, 0.05) is 11.3 Å². The number of carbonyl (C=O) groups excluding carboxylic acids is 1. The Hall–Kier alpha value is -2.55. The van der Waals surface area contributed by atoms with Gasteiger partial charge in [-0.2, -0.15) is 13.2 Å². The molecule has 0 aliphatic heterocycles. The molecular weight excluding hydrogens is 345 g/mol. The second-order valence-corrected chi connectivity index (χ2v) is 6.70. The quantitative estimate of drug-likeness (QED) is 0.881. The minimum atomic E-state index is -4.59. The average Bonchev–Trinajstić information content (AvgIpc) is 2.48. The van der Waals surface area contributed by atoms with Gasteiger partial charge in [0.2, 0.25) is 5.91 Å². The van der Waals surface area contributed by atoms with E-state index in [-0.39, 0.29) is 21.7 Å². The molecule has 1 amide bonds. The van der Waals surface area contributed by atoms with E-state index in [9.17, 15) is 26.4 Å². The Kier molecular flexibility index (Phi) is 4.57. The van der Waals surface area contributed by atoms with E-state index in [1.807, 2.05) is 0 Å². The summed E-state index contributed by atoms with van der Waals surface area (Å²) in [5.74, 6) is -0.722. The van der Waals surface area contributed by atoms with Gasteiger partial charge in [0.1, 0.15) is 0 Å². The van der Waals surface area contributed by atoms with E-state index in [2.05, 4.69) is 4.72 Å². The number of nitrogens with two attached hydrogens (primary N) is 1. The number of carbonyl (C=O) groups is 1. The summed E-state index contributed by atoms with van der Waals surface area (Å²) in [6, 6.07) is 7.85. The number of hydrogen-bond acceptors (Lipinski definition) is 3. The fraction of sp³-hybridized carbons (Fsp3) is 0.133. The number of sulfonamides is 1. The average molecular weight is 358 g/mol. The third kappa shape index (κ3) is 3.85. The highest BCUT2D eigenvalue weighted by atomic mass is 32.2. The standard InChI is InChI=1S/C15H13F3N2O3S/c1-9-2-5-11(8-13(9)15(16,17)18)20-24(22,23)12-6-3-10(4-7-12)14(19)21/h2-8,20H,1H3,(H2,19,21). The number of nitrogens with one attached hydrogen (secondary N) is 1. The summed E-state index contributed by atoms with van der Waals surface area (Å²) in [5.41, 5.74) is 4.01. The van der Waals surface area contributed by atoms with Crippen molar-refractivity contribution in [3.8, 4) is 0 Å². The Morgan fingerprint density at radius 3 is 2.17 bits per heavy atom. The molecule has 0 atom stereocenters. The number of amides is 1. The Balaban J connectivity index is 2.34. The molecule has 2 aromatic carbocycles. The van der Waals surface area contributed by atoms with Crippen LogP contribution in [0, 0.1) is 6.92 Å². The van der Waals surface area contributed by atoms with Gasteiger partial charge in [-0.1, -0.05) is 6.07 Å². The number of anilines is 1. The van der Waals surface area contributed by atoms with Crippen molar-refractivity contribution in [2.75, 3.05) is 4.72 Å². The first-order valence-corrected chi connectivity index (χ1v) is 8.09. The minimum absolute atomic E-state index is 0.0174. The Bertz CT molecular complexity index is 876. The van der Waals surface area contributed by atoms with Gasteiger partial charge >= 0.3 is 6.18 Å². The maximum Gasteiger partial charge on any atom is 0.416 e. The van der Waals surface area contributed by atoms with Crippen LogP contribution < -0.4 is 10.5 Å². The Morgan fingerprint density at radius 1 is 1.08 bits per heavy atom. The molecule has 2 rings (SSSR count). The van der Waals surface area contributed by atoms with Gasteiger partial charge in [-0.05, 0) is 48.9 Å². The van der Waals surface area contributed by atoms with Crippen LogP contribution in [0.1, 0.15) is 21.5 Å². The summed E-state index contributed by atoms with van der Waals surface area (Å²) in [4.78, 5) is 10.8. The predicted octanol–water partition coefficient (Wildman–Crippen LogP) is 2.91. The molecule has 0 bridgehead atoms. The van der Waals surface area contributed by atoms with E-state index in [1.54, 1.807) is 0 Å². The number of rotatable bonds is 4. The van der Waals surface area contributed by atoms with E-state index in [4.69, 9.17) is 5.73 Å². The first-order valence-electron chi connectivity index (χ1n) is 6.61. The topological polar surface area (TPSA) is 89.3 Å². The van der Waals surface area contributed by atoms with Crippen molar-refractivity contribution in [1.82, 2.24) is 0 Å². The number of alkyl halides is 3. The predicted molar refractivity (Wildman–Crippen MR) is 81.9 cm³/mol. The van der Waals surface area contributed by atoms with Crippen LogP contribution in [0.3, 0.4) is 0 Å². The van der Waals surface area contributed by atoms with Crippen molar-refractivity contribution in [2.24, 2.45) is 5.73 Å². The maximum absolute atomic E-state index is 12.9. The van der Waals surface area contributed by atoms with Crippen LogP contribution in [0.2, 0.25) is 0 Å². The lowest BCUT2D eigenvalue weighted by molar-refractivity contribution is -0.138. The van der Waals surface area contributed by atoms with E-state index in [0.717, 1.165) is 18.2 Å². The fourth-order valence-electron chi connectivity index (χ4n) is 2.00. The lowest BCUT2D eigenvalue weighted by atomic mass is 10.1. The third-order valence-electron chi connectivity index (χ3n) is 3.24. The highest BCUT2D eigenvalue weighted by Gasteiger charge is 2.32. The molecule has 9 heteroatoms. The largest absolute Gasteiger partial charge is 0.416 e. The number of benzene rings is 2. The van der Waals surface area contributed by atoms with Gasteiger partial charge < -0.3 is 5.73 Å². The Labute approximate surface area is 136 Å². The molecule has 5 nitrogen and oxygen atoms in total. The van der Waals surface area contributed by atoms with Gasteiger partial charge in [0.15, 0.2) is 0 Å². The molecule has 0 spiro atoms. The monoisotopic (exact) mass is 358 g/mol. The van der Waals surface area contributed by atoms with E-state index < -0.39 is 27.7 Å². The second-order valence-electron chi connectivity index (χ2n) is 5.02. The Morgan fingerprint density at radius 2 is 1.67 bits per heavy atom. The number of hydrogen-bond donors (Lipinski definition) is 2. The summed E-state index contributed by atoms with van der Waals surface area (Å²) >= 11 is 0. The first-order chi connectivity index (χ1) is 11.0. The van der Waals surface area contributed by atoms with Gasteiger partial charge in [0.25, 0.3) is 10.0 Å². The van der Waals surface area contributed by atoms with Crippen LogP contribution in [-0.2, 0) is 16.2 Å². The minimum Gasteiger partial charge on any atom is -0.366 e. The lowest BCUT2D eigenvalue weighted by Crippen LogP contribution is -2.15. The van der Waals surface area contributed by atoms with Gasteiger partial charge in [-0.15, -0.1) is 0 Å². The third-order valence-corrected chi connectivity index (χ3v) is 4.64. The lowest BCUT2D eigenvalue weighted by Gasteiger charge is -2.13. The van der Waals surface area contributed by atoms with Gasteiger partial charge in [0.05, 0.1) is 10.5 Å². The number of halogens is 3. The summed E-state index contributed by atoms with van der Waals surface area (Å²) < 4.78 is 65.2. The summed E-state index contributed by atoms with van der Waals surface area (Å²) in [7, 11) is -4.10. The molecule has 0 aromatic heterocycles. The van der Waals surface area contributed by atoms with Crippen molar-refractivity contribution in [3.63, 3.8) is 0 Å². The molecule has 0 fully saturated rings. The van der Waals surface area contributed by atoms with Gasteiger partial charge in [-0.25, -0.2) is 8.42 Å². The van der Waals surface area contributed by atoms with E-state index in [0.29, 0.717) is 0 Å². The molecule has 0 heterocycles. The molecule has 0 unspecified atom stereocenters. The van der Waals surface area contributed by atoms with Crippen molar-refractivity contribution >= 4 is 21.6 Å². The van der Waals surface area contributed by atoms with Crippen LogP contribution in [-0.4, -0.2) is 14.3 Å². The molecule has 24 heavy (non-hydrogen) atoms.